The number of ether oxygens (including phenoxy) is 1. The van der Waals surface area contributed by atoms with Crippen LogP contribution in [0.4, 0.5) is 10.1 Å². The van der Waals surface area contributed by atoms with Crippen LogP contribution in [0, 0.1) is 15.9 Å². The highest BCUT2D eigenvalue weighted by Crippen LogP contribution is 2.24. The van der Waals surface area contributed by atoms with Gasteiger partial charge in [0.05, 0.1) is 29.5 Å². The van der Waals surface area contributed by atoms with Crippen molar-refractivity contribution in [3.63, 3.8) is 0 Å². The van der Waals surface area contributed by atoms with Gasteiger partial charge in [0.25, 0.3) is 11.6 Å². The van der Waals surface area contributed by atoms with E-state index in [-0.39, 0.29) is 23.1 Å². The van der Waals surface area contributed by atoms with Gasteiger partial charge in [-0.15, -0.1) is 0 Å². The SMILES string of the molecule is O=C(NCCCN1CCOCC1)c1cc(-c2ccc(F)cc2)nn1-c1cccc([N+](=O)[O-])c1. The quantitative estimate of drug-likeness (QED) is 0.320. The van der Waals surface area contributed by atoms with Crippen LogP contribution in [-0.4, -0.2) is 64.9 Å². The molecule has 0 bridgehead atoms. The minimum Gasteiger partial charge on any atom is -0.379 e. The summed E-state index contributed by atoms with van der Waals surface area (Å²) in [5.41, 5.74) is 1.60. The molecule has 0 unspecified atom stereocenters. The molecule has 2 aromatic carbocycles. The number of amides is 1. The maximum Gasteiger partial charge on any atom is 0.271 e. The maximum absolute atomic E-state index is 13.3. The van der Waals surface area contributed by atoms with Crippen LogP contribution in [0.15, 0.2) is 54.6 Å². The Kier molecular flexibility index (Phi) is 7.06. The predicted octanol–water partition coefficient (Wildman–Crippen LogP) is 3.04. The lowest BCUT2D eigenvalue weighted by Gasteiger charge is -2.26. The third-order valence-electron chi connectivity index (χ3n) is 5.41. The Labute approximate surface area is 189 Å². The lowest BCUT2D eigenvalue weighted by Crippen LogP contribution is -2.38. The molecule has 1 aromatic heterocycles. The summed E-state index contributed by atoms with van der Waals surface area (Å²) < 4.78 is 20.1. The smallest absolute Gasteiger partial charge is 0.271 e. The van der Waals surface area contributed by atoms with Crippen molar-refractivity contribution in [2.24, 2.45) is 0 Å². The van der Waals surface area contributed by atoms with Gasteiger partial charge < -0.3 is 10.1 Å². The molecule has 172 valence electrons. The highest BCUT2D eigenvalue weighted by molar-refractivity contribution is 5.94. The molecule has 1 aliphatic heterocycles. The highest BCUT2D eigenvalue weighted by Gasteiger charge is 2.19. The van der Waals surface area contributed by atoms with E-state index in [1.165, 1.54) is 35.0 Å². The van der Waals surface area contributed by atoms with E-state index >= 15 is 0 Å². The molecule has 1 aliphatic rings. The number of morpholine rings is 1. The van der Waals surface area contributed by atoms with Crippen molar-refractivity contribution in [1.82, 2.24) is 20.0 Å². The summed E-state index contributed by atoms with van der Waals surface area (Å²) in [4.78, 5) is 26.0. The zero-order valence-corrected chi connectivity index (χ0v) is 17.9. The number of non-ortho nitro benzene ring substituents is 1. The number of hydrogen-bond donors (Lipinski definition) is 1. The highest BCUT2D eigenvalue weighted by atomic mass is 19.1. The van der Waals surface area contributed by atoms with Gasteiger partial charge in [-0.25, -0.2) is 9.07 Å². The number of aromatic nitrogens is 2. The second-order valence-electron chi connectivity index (χ2n) is 7.67. The number of nitrogens with zero attached hydrogens (tertiary/aromatic N) is 4. The minimum absolute atomic E-state index is 0.108. The Morgan fingerprint density at radius 1 is 1.15 bits per heavy atom. The molecule has 4 rings (SSSR count). The van der Waals surface area contributed by atoms with E-state index in [2.05, 4.69) is 15.3 Å². The van der Waals surface area contributed by atoms with Gasteiger partial charge in [0.15, 0.2) is 0 Å². The van der Waals surface area contributed by atoms with Crippen molar-refractivity contribution in [2.75, 3.05) is 39.4 Å². The van der Waals surface area contributed by atoms with Crippen molar-refractivity contribution in [1.29, 1.82) is 0 Å². The summed E-state index contributed by atoms with van der Waals surface area (Å²) in [7, 11) is 0. The summed E-state index contributed by atoms with van der Waals surface area (Å²) in [6.07, 6.45) is 0.779. The van der Waals surface area contributed by atoms with Crippen LogP contribution < -0.4 is 5.32 Å². The number of nitro groups is 1. The lowest BCUT2D eigenvalue weighted by atomic mass is 10.1. The topological polar surface area (TPSA) is 103 Å². The van der Waals surface area contributed by atoms with Gasteiger partial charge in [-0.2, -0.15) is 5.10 Å². The zero-order valence-electron chi connectivity index (χ0n) is 17.9. The number of hydrogen-bond acceptors (Lipinski definition) is 6. The molecule has 1 fully saturated rings. The Balaban J connectivity index is 1.55. The first-order chi connectivity index (χ1) is 16.0. The van der Waals surface area contributed by atoms with Crippen LogP contribution in [0.1, 0.15) is 16.9 Å². The van der Waals surface area contributed by atoms with Crippen molar-refractivity contribution in [3.8, 4) is 16.9 Å². The van der Waals surface area contributed by atoms with Crippen molar-refractivity contribution >= 4 is 11.6 Å². The molecule has 33 heavy (non-hydrogen) atoms. The summed E-state index contributed by atoms with van der Waals surface area (Å²) in [6, 6.07) is 13.3. The number of rotatable bonds is 8. The van der Waals surface area contributed by atoms with Gasteiger partial charge in [-0.3, -0.25) is 19.8 Å². The van der Waals surface area contributed by atoms with Crippen molar-refractivity contribution in [2.45, 2.75) is 6.42 Å². The van der Waals surface area contributed by atoms with Crippen LogP contribution in [0.5, 0.6) is 0 Å². The van der Waals surface area contributed by atoms with E-state index in [4.69, 9.17) is 4.74 Å². The normalized spacial score (nSPS) is 14.2. The van der Waals surface area contributed by atoms with E-state index in [1.807, 2.05) is 0 Å². The molecule has 0 radical (unpaired) electrons. The minimum atomic E-state index is -0.501. The number of carbonyl (C=O) groups is 1. The molecule has 1 amide bonds. The van der Waals surface area contributed by atoms with Gasteiger partial charge in [-0.1, -0.05) is 6.07 Å². The first-order valence-electron chi connectivity index (χ1n) is 10.7. The second-order valence-corrected chi connectivity index (χ2v) is 7.67. The van der Waals surface area contributed by atoms with Gasteiger partial charge >= 0.3 is 0 Å². The summed E-state index contributed by atoms with van der Waals surface area (Å²) in [5.74, 6) is -0.723. The largest absolute Gasteiger partial charge is 0.379 e. The van der Waals surface area contributed by atoms with E-state index in [0.717, 1.165) is 39.3 Å². The fraction of sp³-hybridized carbons (Fsp3) is 0.304. The fourth-order valence-corrected chi connectivity index (χ4v) is 3.66. The zero-order chi connectivity index (χ0) is 23.2. The Bertz CT molecular complexity index is 1130. The number of carbonyl (C=O) groups excluding carboxylic acids is 1. The van der Waals surface area contributed by atoms with Gasteiger partial charge in [0, 0.05) is 37.3 Å². The Hall–Kier alpha value is -3.63. The Morgan fingerprint density at radius 2 is 1.91 bits per heavy atom. The number of benzene rings is 2. The number of nitrogens with one attached hydrogen (secondary N) is 1. The fourth-order valence-electron chi connectivity index (χ4n) is 3.66. The molecular formula is C23H24FN5O4. The molecule has 0 atom stereocenters. The molecule has 2 heterocycles. The van der Waals surface area contributed by atoms with E-state index in [9.17, 15) is 19.3 Å². The van der Waals surface area contributed by atoms with Crippen LogP contribution in [0.25, 0.3) is 16.9 Å². The standard InChI is InChI=1S/C23H24FN5O4/c24-18-7-5-17(6-8-18)21-16-22(23(30)25-9-2-10-27-11-13-33-14-12-27)28(26-21)19-3-1-4-20(15-19)29(31)32/h1,3-8,15-16H,2,9-14H2,(H,25,30). The molecule has 1 N–H and O–H groups in total. The van der Waals surface area contributed by atoms with Crippen molar-refractivity contribution in [3.05, 3.63) is 76.2 Å². The third-order valence-corrected chi connectivity index (χ3v) is 5.41. The van der Waals surface area contributed by atoms with Crippen LogP contribution in [0.2, 0.25) is 0 Å². The predicted molar refractivity (Wildman–Crippen MR) is 120 cm³/mol. The van der Waals surface area contributed by atoms with Crippen LogP contribution in [-0.2, 0) is 4.74 Å². The average Bonchev–Trinajstić information content (AvgIpc) is 3.28. The van der Waals surface area contributed by atoms with Crippen LogP contribution in [0.3, 0.4) is 0 Å². The number of nitro benzene ring substituents is 1. The summed E-state index contributed by atoms with van der Waals surface area (Å²) in [6.45, 7) is 4.54. The van der Waals surface area contributed by atoms with Gasteiger partial charge in [0.2, 0.25) is 0 Å². The molecule has 3 aromatic rings. The van der Waals surface area contributed by atoms with Gasteiger partial charge in [0.1, 0.15) is 11.5 Å². The van der Waals surface area contributed by atoms with Crippen LogP contribution >= 0.6 is 0 Å². The summed E-state index contributed by atoms with van der Waals surface area (Å²) in [5, 5.41) is 18.6. The average molecular weight is 453 g/mol. The van der Waals surface area contributed by atoms with Gasteiger partial charge in [-0.05, 0) is 49.4 Å². The molecular weight excluding hydrogens is 429 g/mol. The van der Waals surface area contributed by atoms with E-state index in [0.29, 0.717) is 23.5 Å². The Morgan fingerprint density at radius 3 is 2.64 bits per heavy atom. The summed E-state index contributed by atoms with van der Waals surface area (Å²) >= 11 is 0. The monoisotopic (exact) mass is 453 g/mol. The first-order valence-corrected chi connectivity index (χ1v) is 10.7. The molecule has 0 aliphatic carbocycles. The lowest BCUT2D eigenvalue weighted by molar-refractivity contribution is -0.384. The van der Waals surface area contributed by atoms with E-state index < -0.39 is 4.92 Å². The molecule has 0 spiro atoms. The molecule has 10 heteroatoms. The third kappa shape index (κ3) is 5.60. The van der Waals surface area contributed by atoms with E-state index in [1.54, 1.807) is 24.3 Å². The maximum atomic E-state index is 13.3. The number of halogens is 1. The first kappa shape index (κ1) is 22.6. The molecule has 9 nitrogen and oxygen atoms in total. The van der Waals surface area contributed by atoms with Crippen molar-refractivity contribution < 1.29 is 18.8 Å². The molecule has 1 saturated heterocycles. The second kappa shape index (κ2) is 10.3. The molecule has 0 saturated carbocycles.